The second-order valence-electron chi connectivity index (χ2n) is 7.25. The van der Waals surface area contributed by atoms with E-state index in [1.54, 1.807) is 28.7 Å². The number of hydrogen-bond donors (Lipinski definition) is 0. The van der Waals surface area contributed by atoms with Gasteiger partial charge in [-0.15, -0.1) is 0 Å². The highest BCUT2D eigenvalue weighted by atomic mass is 35.5. The lowest BCUT2D eigenvalue weighted by atomic mass is 10.1. The SMILES string of the molecule is Cc1cc2nc3sc(=Cc4ccc(-c5ccc(Cl)c(C(=O)[O-])c5)o4)c(=O)n3c2cc1C. The van der Waals surface area contributed by atoms with E-state index >= 15 is 0 Å². The highest BCUT2D eigenvalue weighted by Gasteiger charge is 2.13. The van der Waals surface area contributed by atoms with Gasteiger partial charge >= 0.3 is 0 Å². The van der Waals surface area contributed by atoms with E-state index in [2.05, 4.69) is 4.98 Å². The van der Waals surface area contributed by atoms with Crippen molar-refractivity contribution < 1.29 is 14.3 Å². The number of benzene rings is 2. The van der Waals surface area contributed by atoms with Crippen LogP contribution in [0.2, 0.25) is 5.02 Å². The summed E-state index contributed by atoms with van der Waals surface area (Å²) in [6, 6.07) is 11.9. The molecule has 0 unspecified atom stereocenters. The van der Waals surface area contributed by atoms with Crippen LogP contribution in [0, 0.1) is 13.8 Å². The number of imidazole rings is 1. The quantitative estimate of drug-likeness (QED) is 0.421. The Balaban J connectivity index is 1.59. The Labute approximate surface area is 184 Å². The van der Waals surface area contributed by atoms with Crippen LogP contribution in [0.1, 0.15) is 27.2 Å². The van der Waals surface area contributed by atoms with Crippen molar-refractivity contribution in [3.05, 3.63) is 84.8 Å². The Bertz CT molecular complexity index is 1630. The summed E-state index contributed by atoms with van der Waals surface area (Å²) in [6.07, 6.45) is 1.66. The maximum absolute atomic E-state index is 13.0. The van der Waals surface area contributed by atoms with E-state index in [4.69, 9.17) is 16.0 Å². The molecule has 0 amide bonds. The van der Waals surface area contributed by atoms with E-state index in [9.17, 15) is 14.7 Å². The fourth-order valence-electron chi connectivity index (χ4n) is 3.47. The summed E-state index contributed by atoms with van der Waals surface area (Å²) in [5.74, 6) is -0.436. The molecule has 6 nitrogen and oxygen atoms in total. The minimum Gasteiger partial charge on any atom is -0.545 e. The molecule has 0 N–H and O–H groups in total. The predicted octanol–water partition coefficient (Wildman–Crippen LogP) is 3.35. The van der Waals surface area contributed by atoms with Crippen LogP contribution in [0.4, 0.5) is 0 Å². The molecule has 0 atom stereocenters. The molecular formula is C23H14ClN2O4S-. The number of carbonyl (C=O) groups excluding carboxylic acids is 1. The number of carboxylic acid groups (broad SMARTS) is 1. The van der Waals surface area contributed by atoms with Crippen LogP contribution in [-0.4, -0.2) is 15.4 Å². The third-order valence-electron chi connectivity index (χ3n) is 5.23. The monoisotopic (exact) mass is 449 g/mol. The highest BCUT2D eigenvalue weighted by molar-refractivity contribution is 7.15. The van der Waals surface area contributed by atoms with Gasteiger partial charge in [0.1, 0.15) is 16.1 Å². The molecule has 5 rings (SSSR count). The number of aryl methyl sites for hydroxylation is 2. The normalized spacial score (nSPS) is 12.3. The van der Waals surface area contributed by atoms with Crippen molar-refractivity contribution in [2.45, 2.75) is 13.8 Å². The first-order valence-corrected chi connectivity index (χ1v) is 10.6. The van der Waals surface area contributed by atoms with Crippen LogP contribution in [-0.2, 0) is 0 Å². The van der Waals surface area contributed by atoms with Gasteiger partial charge in [0.2, 0.25) is 0 Å². The molecule has 31 heavy (non-hydrogen) atoms. The minimum absolute atomic E-state index is 0.0951. The van der Waals surface area contributed by atoms with Gasteiger partial charge < -0.3 is 14.3 Å². The standard InChI is InChI=1S/C23H15ClN2O4S/c1-11-7-17-18(8-12(11)2)26-21(27)20(31-23(26)25-17)10-14-4-6-19(30-14)13-3-5-16(24)15(9-13)22(28)29/h3-10H,1-2H3,(H,28,29)/p-1. The van der Waals surface area contributed by atoms with Crippen molar-refractivity contribution in [1.29, 1.82) is 0 Å². The van der Waals surface area contributed by atoms with Gasteiger partial charge in [0, 0.05) is 22.2 Å². The molecule has 0 saturated carbocycles. The molecule has 5 aromatic rings. The zero-order valence-corrected chi connectivity index (χ0v) is 18.0. The van der Waals surface area contributed by atoms with Crippen LogP contribution in [0.15, 0.2) is 51.7 Å². The van der Waals surface area contributed by atoms with Gasteiger partial charge in [0.05, 0.1) is 17.0 Å². The molecule has 0 spiro atoms. The number of furan rings is 1. The number of hydrogen-bond acceptors (Lipinski definition) is 6. The molecular weight excluding hydrogens is 436 g/mol. The lowest BCUT2D eigenvalue weighted by Crippen LogP contribution is -2.22. The van der Waals surface area contributed by atoms with Crippen LogP contribution in [0.25, 0.3) is 33.4 Å². The number of carbonyl (C=O) groups is 1. The highest BCUT2D eigenvalue weighted by Crippen LogP contribution is 2.27. The second-order valence-corrected chi connectivity index (χ2v) is 8.67. The topological polar surface area (TPSA) is 87.6 Å². The van der Waals surface area contributed by atoms with Gasteiger partial charge in [-0.1, -0.05) is 22.9 Å². The zero-order valence-electron chi connectivity index (χ0n) is 16.4. The molecule has 0 aliphatic heterocycles. The maximum atomic E-state index is 13.0. The van der Waals surface area contributed by atoms with E-state index in [0.29, 0.717) is 26.6 Å². The van der Waals surface area contributed by atoms with Crippen molar-refractivity contribution in [3.63, 3.8) is 0 Å². The number of aromatic nitrogens is 2. The zero-order chi connectivity index (χ0) is 21.9. The van der Waals surface area contributed by atoms with Gasteiger partial charge in [0.25, 0.3) is 5.56 Å². The van der Waals surface area contributed by atoms with E-state index in [0.717, 1.165) is 22.2 Å². The van der Waals surface area contributed by atoms with Crippen molar-refractivity contribution in [2.75, 3.05) is 0 Å². The molecule has 0 radical (unpaired) electrons. The molecule has 0 aliphatic carbocycles. The van der Waals surface area contributed by atoms with E-state index in [-0.39, 0.29) is 16.1 Å². The van der Waals surface area contributed by atoms with E-state index < -0.39 is 5.97 Å². The average Bonchev–Trinajstić information content (AvgIpc) is 3.39. The summed E-state index contributed by atoms with van der Waals surface area (Å²) in [6.45, 7) is 4.02. The number of fused-ring (bicyclic) bond motifs is 3. The van der Waals surface area contributed by atoms with Crippen molar-refractivity contribution >= 4 is 51.0 Å². The average molecular weight is 450 g/mol. The van der Waals surface area contributed by atoms with Crippen LogP contribution in [0.3, 0.4) is 0 Å². The largest absolute Gasteiger partial charge is 0.545 e. The van der Waals surface area contributed by atoms with Crippen LogP contribution >= 0.6 is 22.9 Å². The first-order valence-electron chi connectivity index (χ1n) is 9.37. The van der Waals surface area contributed by atoms with Gasteiger partial charge in [-0.3, -0.25) is 4.79 Å². The van der Waals surface area contributed by atoms with Gasteiger partial charge in [-0.2, -0.15) is 0 Å². The molecule has 0 aliphatic rings. The molecule has 2 aromatic carbocycles. The third kappa shape index (κ3) is 3.22. The Hall–Kier alpha value is -3.42. The summed E-state index contributed by atoms with van der Waals surface area (Å²) in [7, 11) is 0. The number of rotatable bonds is 3. The summed E-state index contributed by atoms with van der Waals surface area (Å²) in [5, 5.41) is 11.3. The summed E-state index contributed by atoms with van der Waals surface area (Å²) in [4.78, 5) is 29.4. The Morgan fingerprint density at radius 3 is 2.71 bits per heavy atom. The fraction of sp³-hybridized carbons (Fsp3) is 0.0870. The summed E-state index contributed by atoms with van der Waals surface area (Å²) < 4.78 is 7.94. The van der Waals surface area contributed by atoms with Gasteiger partial charge in [-0.05, 0) is 67.4 Å². The smallest absolute Gasteiger partial charge is 0.275 e. The number of aromatic carboxylic acids is 1. The Kier molecular flexibility index (Phi) is 4.46. The number of nitrogens with zero attached hydrogens (tertiary/aromatic N) is 2. The Morgan fingerprint density at radius 2 is 1.94 bits per heavy atom. The fourth-order valence-corrected chi connectivity index (χ4v) is 4.63. The van der Waals surface area contributed by atoms with Crippen LogP contribution in [0.5, 0.6) is 0 Å². The number of thiazole rings is 1. The first kappa shape index (κ1) is 19.5. The lowest BCUT2D eigenvalue weighted by molar-refractivity contribution is -0.255. The lowest BCUT2D eigenvalue weighted by Gasteiger charge is -2.06. The van der Waals surface area contributed by atoms with Crippen molar-refractivity contribution in [3.8, 4) is 11.3 Å². The molecule has 3 heterocycles. The van der Waals surface area contributed by atoms with Gasteiger partial charge in [-0.25, -0.2) is 9.38 Å². The molecule has 0 bridgehead atoms. The van der Waals surface area contributed by atoms with Crippen LogP contribution < -0.4 is 15.2 Å². The number of carboxylic acids is 1. The van der Waals surface area contributed by atoms with E-state index in [1.165, 1.54) is 23.5 Å². The predicted molar refractivity (Wildman–Crippen MR) is 119 cm³/mol. The van der Waals surface area contributed by atoms with Crippen molar-refractivity contribution in [1.82, 2.24) is 9.38 Å². The molecule has 8 heteroatoms. The van der Waals surface area contributed by atoms with E-state index in [1.807, 2.05) is 26.0 Å². The molecule has 154 valence electrons. The summed E-state index contributed by atoms with van der Waals surface area (Å²) in [5.41, 5.74) is 4.09. The minimum atomic E-state index is -1.36. The molecule has 3 aromatic heterocycles. The van der Waals surface area contributed by atoms with Gasteiger partial charge in [0.15, 0.2) is 4.96 Å². The third-order valence-corrected chi connectivity index (χ3v) is 6.52. The van der Waals surface area contributed by atoms with Crippen molar-refractivity contribution in [2.24, 2.45) is 0 Å². The first-order chi connectivity index (χ1) is 14.8. The number of halogens is 1. The maximum Gasteiger partial charge on any atom is 0.275 e. The Morgan fingerprint density at radius 1 is 1.16 bits per heavy atom. The summed E-state index contributed by atoms with van der Waals surface area (Å²) >= 11 is 7.19. The second kappa shape index (κ2) is 7.08. The molecule has 0 fully saturated rings. The molecule has 0 saturated heterocycles.